The molecule has 1 aliphatic rings. The number of imidazole rings is 1. The topological polar surface area (TPSA) is 82.2 Å². The number of hydrogen-bond donors (Lipinski definition) is 2. The lowest BCUT2D eigenvalue weighted by atomic mass is 10.2. The quantitative estimate of drug-likeness (QED) is 0.877. The Balaban J connectivity index is 0.00000192. The number of carbonyl (C=O) groups is 1. The molecule has 0 saturated heterocycles. The Labute approximate surface area is 141 Å². The van der Waals surface area contributed by atoms with Crippen LogP contribution in [0.4, 0.5) is 5.95 Å². The van der Waals surface area contributed by atoms with Crippen molar-refractivity contribution in [2.45, 2.75) is 37.8 Å². The van der Waals surface area contributed by atoms with Crippen molar-refractivity contribution in [3.63, 3.8) is 0 Å². The number of nitrogens with two attached hydrogens (primary N) is 1. The highest BCUT2D eigenvalue weighted by Crippen LogP contribution is 2.35. The lowest BCUT2D eigenvalue weighted by Crippen LogP contribution is -2.39. The van der Waals surface area contributed by atoms with Crippen molar-refractivity contribution in [3.8, 4) is 0 Å². The molecule has 6 nitrogen and oxygen atoms in total. The number of benzene rings is 1. The molecule has 0 aliphatic heterocycles. The molecule has 1 fully saturated rings. The summed E-state index contributed by atoms with van der Waals surface area (Å²) in [5, 5.41) is 2.87. The van der Waals surface area contributed by atoms with Gasteiger partial charge in [-0.05, 0) is 25.0 Å². The molecule has 126 valence electrons. The number of anilines is 1. The van der Waals surface area contributed by atoms with Gasteiger partial charge in [0.25, 0.3) is 0 Å². The standard InChI is InChI=1S/C16H22N4O2.ClH/c1-22-10-12(17)15(21)19-16-18-13-8-4-5-9-14(13)20(16)11-6-2-3-7-11;/h4-5,8-9,11-12H,2-3,6-7,10,17H2,1H3,(H,18,19,21);1H. The minimum Gasteiger partial charge on any atom is -0.383 e. The molecular formula is C16H23ClN4O2. The van der Waals surface area contributed by atoms with Crippen LogP contribution < -0.4 is 11.1 Å². The second kappa shape index (κ2) is 7.77. The molecule has 7 heteroatoms. The summed E-state index contributed by atoms with van der Waals surface area (Å²) in [4.78, 5) is 16.8. The van der Waals surface area contributed by atoms with Crippen LogP contribution in [0.2, 0.25) is 0 Å². The summed E-state index contributed by atoms with van der Waals surface area (Å²) in [6.07, 6.45) is 4.67. The molecule has 2 aromatic rings. The Kier molecular flexibility index (Phi) is 5.98. The SMILES string of the molecule is COCC(N)C(=O)Nc1nc2ccccc2n1C1CCCC1.Cl. The molecule has 0 bridgehead atoms. The molecule has 23 heavy (non-hydrogen) atoms. The zero-order valence-corrected chi connectivity index (χ0v) is 14.0. The minimum absolute atomic E-state index is 0. The van der Waals surface area contributed by atoms with Crippen molar-refractivity contribution in [1.82, 2.24) is 9.55 Å². The molecule has 1 unspecified atom stereocenters. The minimum atomic E-state index is -0.693. The van der Waals surface area contributed by atoms with Crippen LogP contribution in [0.5, 0.6) is 0 Å². The van der Waals surface area contributed by atoms with E-state index >= 15 is 0 Å². The zero-order valence-electron chi connectivity index (χ0n) is 13.2. The fourth-order valence-corrected chi connectivity index (χ4v) is 3.12. The molecular weight excluding hydrogens is 316 g/mol. The lowest BCUT2D eigenvalue weighted by molar-refractivity contribution is -0.118. The molecule has 1 aromatic carbocycles. The summed E-state index contributed by atoms with van der Waals surface area (Å²) in [6, 6.07) is 7.66. The highest BCUT2D eigenvalue weighted by atomic mass is 35.5. The molecule has 0 spiro atoms. The van der Waals surface area contributed by atoms with E-state index < -0.39 is 6.04 Å². The molecule has 1 saturated carbocycles. The number of nitrogens with zero attached hydrogens (tertiary/aromatic N) is 2. The number of amides is 1. The van der Waals surface area contributed by atoms with Gasteiger partial charge in [-0.1, -0.05) is 25.0 Å². The Morgan fingerprint density at radius 2 is 2.13 bits per heavy atom. The lowest BCUT2D eigenvalue weighted by Gasteiger charge is -2.17. The number of methoxy groups -OCH3 is 1. The van der Waals surface area contributed by atoms with Gasteiger partial charge in [0.1, 0.15) is 6.04 Å². The van der Waals surface area contributed by atoms with Crippen LogP contribution in [0, 0.1) is 0 Å². The van der Waals surface area contributed by atoms with E-state index in [4.69, 9.17) is 10.5 Å². The van der Waals surface area contributed by atoms with Crippen LogP contribution in [0.15, 0.2) is 24.3 Å². The fraction of sp³-hybridized carbons (Fsp3) is 0.500. The fourth-order valence-electron chi connectivity index (χ4n) is 3.12. The summed E-state index contributed by atoms with van der Waals surface area (Å²) in [6.45, 7) is 0.190. The molecule has 1 amide bonds. The number of para-hydroxylation sites is 2. The van der Waals surface area contributed by atoms with Gasteiger partial charge in [0.05, 0.1) is 17.6 Å². The van der Waals surface area contributed by atoms with E-state index in [1.54, 1.807) is 0 Å². The molecule has 3 rings (SSSR count). The van der Waals surface area contributed by atoms with E-state index in [0.717, 1.165) is 23.9 Å². The number of carbonyl (C=O) groups excluding carboxylic acids is 1. The highest BCUT2D eigenvalue weighted by molar-refractivity contribution is 5.95. The number of hydrogen-bond acceptors (Lipinski definition) is 4. The maximum atomic E-state index is 12.2. The van der Waals surface area contributed by atoms with Crippen LogP contribution in [0.25, 0.3) is 11.0 Å². The third-order valence-corrected chi connectivity index (χ3v) is 4.20. The number of aromatic nitrogens is 2. The van der Waals surface area contributed by atoms with Crippen LogP contribution in [-0.2, 0) is 9.53 Å². The van der Waals surface area contributed by atoms with Crippen molar-refractivity contribution < 1.29 is 9.53 Å². The van der Waals surface area contributed by atoms with Crippen LogP contribution in [0.1, 0.15) is 31.7 Å². The monoisotopic (exact) mass is 338 g/mol. The van der Waals surface area contributed by atoms with E-state index in [-0.39, 0.29) is 24.9 Å². The molecule has 1 heterocycles. The number of ether oxygens (including phenoxy) is 1. The van der Waals surface area contributed by atoms with Crippen LogP contribution in [-0.4, -0.2) is 35.2 Å². The molecule has 1 atom stereocenters. The van der Waals surface area contributed by atoms with Crippen molar-refractivity contribution in [2.75, 3.05) is 19.0 Å². The van der Waals surface area contributed by atoms with E-state index in [0.29, 0.717) is 12.0 Å². The largest absolute Gasteiger partial charge is 0.383 e. The van der Waals surface area contributed by atoms with Gasteiger partial charge in [-0.15, -0.1) is 12.4 Å². The van der Waals surface area contributed by atoms with Crippen LogP contribution in [0.3, 0.4) is 0 Å². The summed E-state index contributed by atoms with van der Waals surface area (Å²) in [5.41, 5.74) is 7.75. The first-order chi connectivity index (χ1) is 10.7. The second-order valence-electron chi connectivity index (χ2n) is 5.78. The van der Waals surface area contributed by atoms with E-state index in [1.807, 2.05) is 24.3 Å². The van der Waals surface area contributed by atoms with Gasteiger partial charge >= 0.3 is 0 Å². The van der Waals surface area contributed by atoms with Gasteiger partial charge in [-0.2, -0.15) is 0 Å². The zero-order chi connectivity index (χ0) is 15.5. The van der Waals surface area contributed by atoms with Crippen molar-refractivity contribution in [2.24, 2.45) is 5.73 Å². The van der Waals surface area contributed by atoms with Crippen molar-refractivity contribution in [3.05, 3.63) is 24.3 Å². The van der Waals surface area contributed by atoms with E-state index in [9.17, 15) is 4.79 Å². The molecule has 0 radical (unpaired) electrons. The number of fused-ring (bicyclic) bond motifs is 1. The average Bonchev–Trinajstić information content (AvgIpc) is 3.13. The summed E-state index contributed by atoms with van der Waals surface area (Å²) < 4.78 is 7.09. The van der Waals surface area contributed by atoms with Crippen molar-refractivity contribution >= 4 is 35.3 Å². The molecule has 3 N–H and O–H groups in total. The Morgan fingerprint density at radius 1 is 1.43 bits per heavy atom. The Bertz CT molecular complexity index is 667. The van der Waals surface area contributed by atoms with E-state index in [2.05, 4.69) is 14.9 Å². The molecule has 1 aliphatic carbocycles. The summed E-state index contributed by atoms with van der Waals surface area (Å²) in [7, 11) is 1.53. The third kappa shape index (κ3) is 3.65. The number of rotatable bonds is 5. The number of halogens is 1. The average molecular weight is 339 g/mol. The van der Waals surface area contributed by atoms with E-state index in [1.165, 1.54) is 20.0 Å². The van der Waals surface area contributed by atoms with Crippen LogP contribution >= 0.6 is 12.4 Å². The van der Waals surface area contributed by atoms with Gasteiger partial charge in [-0.25, -0.2) is 4.98 Å². The van der Waals surface area contributed by atoms with Gasteiger partial charge in [0, 0.05) is 13.2 Å². The van der Waals surface area contributed by atoms with Gasteiger partial charge in [-0.3, -0.25) is 10.1 Å². The smallest absolute Gasteiger partial charge is 0.245 e. The maximum Gasteiger partial charge on any atom is 0.245 e. The summed E-state index contributed by atoms with van der Waals surface area (Å²) in [5.74, 6) is 0.320. The predicted molar refractivity (Wildman–Crippen MR) is 93.0 cm³/mol. The third-order valence-electron chi connectivity index (χ3n) is 4.20. The van der Waals surface area contributed by atoms with Gasteiger partial charge in [0.15, 0.2) is 0 Å². The first kappa shape index (κ1) is 17.7. The first-order valence-corrected chi connectivity index (χ1v) is 7.73. The van der Waals surface area contributed by atoms with Gasteiger partial charge in [0.2, 0.25) is 11.9 Å². The first-order valence-electron chi connectivity index (χ1n) is 7.73. The Morgan fingerprint density at radius 3 is 2.83 bits per heavy atom. The maximum absolute atomic E-state index is 12.2. The highest BCUT2D eigenvalue weighted by Gasteiger charge is 2.24. The molecule has 1 aromatic heterocycles. The Hall–Kier alpha value is -1.63. The van der Waals surface area contributed by atoms with Gasteiger partial charge < -0.3 is 15.0 Å². The second-order valence-corrected chi connectivity index (χ2v) is 5.78. The summed E-state index contributed by atoms with van der Waals surface area (Å²) >= 11 is 0. The number of nitrogens with one attached hydrogen (secondary N) is 1. The van der Waals surface area contributed by atoms with Crippen molar-refractivity contribution in [1.29, 1.82) is 0 Å². The predicted octanol–water partition coefficient (Wildman–Crippen LogP) is 2.49. The normalized spacial score (nSPS) is 16.3.